The van der Waals surface area contributed by atoms with Gasteiger partial charge in [0.25, 0.3) is 0 Å². The second-order valence-corrected chi connectivity index (χ2v) is 7.83. The van der Waals surface area contributed by atoms with Gasteiger partial charge in [0, 0.05) is 59.5 Å². The van der Waals surface area contributed by atoms with E-state index in [1.807, 2.05) is 33.9 Å². The molecule has 4 rings (SSSR count). The number of aromatic nitrogens is 4. The van der Waals surface area contributed by atoms with Crippen LogP contribution < -0.4 is 0 Å². The third-order valence-electron chi connectivity index (χ3n) is 4.93. The van der Waals surface area contributed by atoms with Gasteiger partial charge in [-0.15, -0.1) is 11.3 Å². The lowest BCUT2D eigenvalue weighted by molar-refractivity contribution is 0.214. The second kappa shape index (κ2) is 6.18. The number of nitrogens with zero attached hydrogens (tertiary/aromatic N) is 5. The minimum atomic E-state index is 0.478. The molecule has 0 saturated carbocycles. The first kappa shape index (κ1) is 15.6. The van der Waals surface area contributed by atoms with Crippen molar-refractivity contribution in [3.63, 3.8) is 0 Å². The molecule has 0 fully saturated rings. The summed E-state index contributed by atoms with van der Waals surface area (Å²) in [5.41, 5.74) is 4.01. The van der Waals surface area contributed by atoms with Crippen molar-refractivity contribution in [3.05, 3.63) is 46.9 Å². The molecule has 6 heteroatoms. The van der Waals surface area contributed by atoms with Crippen molar-refractivity contribution in [2.24, 2.45) is 14.1 Å². The maximum atomic E-state index is 4.47. The van der Waals surface area contributed by atoms with E-state index in [1.54, 1.807) is 0 Å². The van der Waals surface area contributed by atoms with Crippen LogP contribution in [0.5, 0.6) is 0 Å². The van der Waals surface area contributed by atoms with Gasteiger partial charge in [-0.25, -0.2) is 0 Å². The minimum Gasteiger partial charge on any atom is -0.294 e. The van der Waals surface area contributed by atoms with Gasteiger partial charge in [0.2, 0.25) is 0 Å². The van der Waals surface area contributed by atoms with Crippen molar-refractivity contribution in [1.82, 2.24) is 24.5 Å². The minimum absolute atomic E-state index is 0.478. The van der Waals surface area contributed by atoms with Crippen molar-refractivity contribution >= 4 is 11.3 Å². The van der Waals surface area contributed by atoms with E-state index in [2.05, 4.69) is 53.7 Å². The number of hydrogen-bond donors (Lipinski definition) is 0. The molecule has 0 radical (unpaired) electrons. The van der Waals surface area contributed by atoms with E-state index in [1.165, 1.54) is 39.4 Å². The van der Waals surface area contributed by atoms with Gasteiger partial charge < -0.3 is 0 Å². The highest BCUT2D eigenvalue weighted by atomic mass is 32.1. The number of hydrogen-bond acceptors (Lipinski definition) is 4. The van der Waals surface area contributed by atoms with Gasteiger partial charge in [0.15, 0.2) is 0 Å². The van der Waals surface area contributed by atoms with Gasteiger partial charge in [-0.05, 0) is 38.4 Å². The van der Waals surface area contributed by atoms with Gasteiger partial charge in [-0.3, -0.25) is 14.3 Å². The fraction of sp³-hybridized carbons (Fsp3) is 0.444. The summed E-state index contributed by atoms with van der Waals surface area (Å²) >= 11 is 1.86. The third kappa shape index (κ3) is 2.80. The van der Waals surface area contributed by atoms with Crippen LogP contribution in [0, 0.1) is 0 Å². The quantitative estimate of drug-likeness (QED) is 0.730. The van der Waals surface area contributed by atoms with Crippen LogP contribution in [0.2, 0.25) is 0 Å². The zero-order chi connectivity index (χ0) is 16.7. The lowest BCUT2D eigenvalue weighted by Gasteiger charge is -2.31. The van der Waals surface area contributed by atoms with E-state index < -0.39 is 0 Å². The molecule has 3 aromatic heterocycles. The summed E-state index contributed by atoms with van der Waals surface area (Å²) in [6.07, 6.45) is 9.68. The summed E-state index contributed by atoms with van der Waals surface area (Å²) in [4.78, 5) is 5.16. The molecule has 1 atom stereocenters. The Hall–Kier alpha value is -1.92. The van der Waals surface area contributed by atoms with Crippen molar-refractivity contribution in [1.29, 1.82) is 0 Å². The predicted octanol–water partition coefficient (Wildman–Crippen LogP) is 3.39. The Morgan fingerprint density at radius 2 is 2.12 bits per heavy atom. The van der Waals surface area contributed by atoms with E-state index in [-0.39, 0.29) is 0 Å². The Labute approximate surface area is 146 Å². The first-order chi connectivity index (χ1) is 11.6. The molecular formula is C18H23N5S. The summed E-state index contributed by atoms with van der Waals surface area (Å²) in [6.45, 7) is 0.976. The number of thiophene rings is 1. The topological polar surface area (TPSA) is 38.9 Å². The SMILES string of the molecule is CN(Cc1ccc(-c2cnn(C)c2)s1)C1CCCc2c1cnn2C. The molecular weight excluding hydrogens is 318 g/mol. The van der Waals surface area contributed by atoms with Crippen LogP contribution in [0.4, 0.5) is 0 Å². The van der Waals surface area contributed by atoms with Crippen molar-refractivity contribution in [2.45, 2.75) is 31.8 Å². The van der Waals surface area contributed by atoms with Crippen LogP contribution in [0.25, 0.3) is 10.4 Å². The molecule has 5 nitrogen and oxygen atoms in total. The van der Waals surface area contributed by atoms with Crippen LogP contribution >= 0.6 is 11.3 Å². The Kier molecular flexibility index (Phi) is 4.02. The van der Waals surface area contributed by atoms with Crippen LogP contribution in [-0.2, 0) is 27.1 Å². The Bertz CT molecular complexity index is 843. The number of rotatable bonds is 4. The highest BCUT2D eigenvalue weighted by Crippen LogP contribution is 2.35. The van der Waals surface area contributed by atoms with Gasteiger partial charge >= 0.3 is 0 Å². The summed E-state index contributed by atoms with van der Waals surface area (Å²) < 4.78 is 3.90. The maximum Gasteiger partial charge on any atom is 0.0576 e. The third-order valence-corrected chi connectivity index (χ3v) is 6.05. The van der Waals surface area contributed by atoms with E-state index in [4.69, 9.17) is 0 Å². The van der Waals surface area contributed by atoms with Gasteiger partial charge in [0.05, 0.1) is 12.4 Å². The Morgan fingerprint density at radius 1 is 1.25 bits per heavy atom. The smallest absolute Gasteiger partial charge is 0.0576 e. The van der Waals surface area contributed by atoms with Crippen LogP contribution in [0.3, 0.4) is 0 Å². The largest absolute Gasteiger partial charge is 0.294 e. The summed E-state index contributed by atoms with van der Waals surface area (Å²) in [7, 11) is 6.25. The summed E-state index contributed by atoms with van der Waals surface area (Å²) in [5.74, 6) is 0. The number of aryl methyl sites for hydroxylation is 2. The molecule has 0 saturated heterocycles. The molecule has 126 valence electrons. The Morgan fingerprint density at radius 3 is 2.92 bits per heavy atom. The summed E-state index contributed by atoms with van der Waals surface area (Å²) in [6, 6.07) is 4.93. The maximum absolute atomic E-state index is 4.47. The zero-order valence-corrected chi connectivity index (χ0v) is 15.3. The Balaban J connectivity index is 1.51. The van der Waals surface area contributed by atoms with Crippen molar-refractivity contribution in [3.8, 4) is 10.4 Å². The highest BCUT2D eigenvalue weighted by Gasteiger charge is 2.26. The molecule has 3 aromatic rings. The fourth-order valence-corrected chi connectivity index (χ4v) is 4.71. The molecule has 0 amide bonds. The van der Waals surface area contributed by atoms with Crippen LogP contribution in [0.1, 0.15) is 35.0 Å². The van der Waals surface area contributed by atoms with Gasteiger partial charge in [-0.1, -0.05) is 0 Å². The molecule has 1 aliphatic carbocycles. The second-order valence-electron chi connectivity index (χ2n) is 6.66. The predicted molar refractivity (Wildman–Crippen MR) is 96.9 cm³/mol. The normalized spacial score (nSPS) is 17.4. The monoisotopic (exact) mass is 341 g/mol. The first-order valence-corrected chi connectivity index (χ1v) is 9.22. The molecule has 0 spiro atoms. The molecule has 1 aliphatic rings. The average molecular weight is 341 g/mol. The molecule has 1 unspecified atom stereocenters. The van der Waals surface area contributed by atoms with Crippen molar-refractivity contribution < 1.29 is 0 Å². The van der Waals surface area contributed by atoms with Crippen molar-refractivity contribution in [2.75, 3.05) is 7.05 Å². The van der Waals surface area contributed by atoms with E-state index in [0.29, 0.717) is 6.04 Å². The molecule has 0 aliphatic heterocycles. The van der Waals surface area contributed by atoms with Crippen LogP contribution in [-0.4, -0.2) is 31.5 Å². The summed E-state index contributed by atoms with van der Waals surface area (Å²) in [5, 5.41) is 8.74. The number of fused-ring (bicyclic) bond motifs is 1. The van der Waals surface area contributed by atoms with E-state index >= 15 is 0 Å². The lowest BCUT2D eigenvalue weighted by Crippen LogP contribution is -2.27. The average Bonchev–Trinajstić information content (AvgIpc) is 3.28. The lowest BCUT2D eigenvalue weighted by atomic mass is 9.92. The van der Waals surface area contributed by atoms with Gasteiger partial charge in [-0.2, -0.15) is 10.2 Å². The zero-order valence-electron chi connectivity index (χ0n) is 14.4. The molecule has 0 N–H and O–H groups in total. The molecule has 24 heavy (non-hydrogen) atoms. The first-order valence-electron chi connectivity index (χ1n) is 8.40. The van der Waals surface area contributed by atoms with Gasteiger partial charge in [0.1, 0.15) is 0 Å². The fourth-order valence-electron chi connectivity index (χ4n) is 3.66. The molecule has 0 bridgehead atoms. The van der Waals surface area contributed by atoms with E-state index in [0.717, 1.165) is 13.0 Å². The molecule has 0 aromatic carbocycles. The highest BCUT2D eigenvalue weighted by molar-refractivity contribution is 7.15. The van der Waals surface area contributed by atoms with E-state index in [9.17, 15) is 0 Å². The molecule has 3 heterocycles. The van der Waals surface area contributed by atoms with Crippen LogP contribution in [0.15, 0.2) is 30.7 Å². The standard InChI is InChI=1S/C18H23N5S/c1-21(16-5-4-6-17-15(16)10-20-23(17)3)12-14-7-8-18(24-14)13-9-19-22(2)11-13/h7-11,16H,4-6,12H2,1-3H3.